The van der Waals surface area contributed by atoms with E-state index < -0.39 is 5.41 Å². The summed E-state index contributed by atoms with van der Waals surface area (Å²) < 4.78 is 2.35. The first kappa shape index (κ1) is 35.3. The van der Waals surface area contributed by atoms with E-state index in [2.05, 4.69) is 217 Å². The summed E-state index contributed by atoms with van der Waals surface area (Å²) in [7, 11) is 0. The molecule has 0 bridgehead atoms. The van der Waals surface area contributed by atoms with Crippen molar-refractivity contribution in [1.29, 1.82) is 10.5 Å². The summed E-state index contributed by atoms with van der Waals surface area (Å²) in [5, 5.41) is 23.1. The first-order chi connectivity index (χ1) is 29.5. The van der Waals surface area contributed by atoms with Gasteiger partial charge in [0.2, 0.25) is 0 Å². The monoisotopic (exact) mass is 766 g/mol. The molecule has 4 nitrogen and oxygen atoms in total. The quantitative estimate of drug-likeness (QED) is 0.168. The molecule has 1 aromatic heterocycles. The van der Waals surface area contributed by atoms with Crippen molar-refractivity contribution in [3.05, 3.63) is 244 Å². The van der Waals surface area contributed by atoms with Crippen LogP contribution in [0.4, 0.5) is 17.1 Å². The van der Waals surface area contributed by atoms with Gasteiger partial charge in [-0.15, -0.1) is 0 Å². The molecule has 4 heteroatoms. The van der Waals surface area contributed by atoms with Crippen LogP contribution in [0.25, 0.3) is 33.1 Å². The fourth-order valence-electron chi connectivity index (χ4n) is 10.4. The predicted molar refractivity (Wildman–Crippen MR) is 243 cm³/mol. The van der Waals surface area contributed by atoms with Crippen LogP contribution in [0, 0.1) is 22.7 Å². The molecule has 2 aliphatic rings. The molecular weight excluding hydrogens is 729 g/mol. The van der Waals surface area contributed by atoms with Crippen molar-refractivity contribution in [3.63, 3.8) is 0 Å². The number of benzene rings is 8. The van der Waals surface area contributed by atoms with Gasteiger partial charge in [-0.05, 0) is 99.1 Å². The smallest absolute Gasteiger partial charge is 0.138 e. The van der Waals surface area contributed by atoms with Crippen LogP contribution in [-0.4, -0.2) is 4.57 Å². The average molecular weight is 767 g/mol. The Morgan fingerprint density at radius 1 is 0.450 bits per heavy atom. The van der Waals surface area contributed by atoms with Crippen LogP contribution < -0.4 is 4.90 Å². The van der Waals surface area contributed by atoms with Gasteiger partial charge in [-0.1, -0.05) is 153 Å². The number of rotatable bonds is 4. The Labute approximate surface area is 349 Å². The minimum Gasteiger partial charge on any atom is -0.310 e. The fourth-order valence-corrected chi connectivity index (χ4v) is 10.4. The number of aromatic nitrogens is 1. The van der Waals surface area contributed by atoms with Gasteiger partial charge in [0, 0.05) is 33.1 Å². The molecule has 9 aromatic rings. The third kappa shape index (κ3) is 4.83. The standard InChI is InChI=1S/C56H38N4/c1-55(2)48-23-11-14-26-52(48)60(53-27-15-12-24-49(53)55)41-31-28-38(29-32-41)56(46-21-9-6-19-43(46)54(37(35-57)36-58)44-20-7-10-22-47(44)56)39-30-33-51-45(34-39)42-18-8-13-25-50(42)59(51)40-16-4-3-5-17-40/h3-34H,1-2H3. The molecular formula is C56H38N4. The van der Waals surface area contributed by atoms with Gasteiger partial charge in [0.15, 0.2) is 0 Å². The Bertz CT molecular complexity index is 3200. The molecule has 1 aliphatic carbocycles. The highest BCUT2D eigenvalue weighted by molar-refractivity contribution is 6.10. The summed E-state index contributed by atoms with van der Waals surface area (Å²) in [4.78, 5) is 2.40. The highest BCUT2D eigenvalue weighted by Crippen LogP contribution is 2.56. The predicted octanol–water partition coefficient (Wildman–Crippen LogP) is 13.4. The van der Waals surface area contributed by atoms with Gasteiger partial charge >= 0.3 is 0 Å². The van der Waals surface area contributed by atoms with Gasteiger partial charge in [0.05, 0.1) is 27.8 Å². The second-order valence-corrected chi connectivity index (χ2v) is 16.3. The maximum Gasteiger partial charge on any atom is 0.138 e. The molecule has 0 fully saturated rings. The molecule has 0 radical (unpaired) electrons. The van der Waals surface area contributed by atoms with Crippen LogP contribution in [0.3, 0.4) is 0 Å². The molecule has 1 aliphatic heterocycles. The van der Waals surface area contributed by atoms with Gasteiger partial charge in [-0.25, -0.2) is 0 Å². The molecule has 0 unspecified atom stereocenters. The van der Waals surface area contributed by atoms with Crippen molar-refractivity contribution in [2.45, 2.75) is 24.7 Å². The number of hydrogen-bond acceptors (Lipinski definition) is 3. The highest BCUT2D eigenvalue weighted by Gasteiger charge is 2.46. The summed E-state index contributed by atoms with van der Waals surface area (Å²) in [6.07, 6.45) is 0. The molecule has 0 saturated heterocycles. The molecule has 2 heterocycles. The number of hydrogen-bond donors (Lipinski definition) is 0. The summed E-state index contributed by atoms with van der Waals surface area (Å²) in [6.45, 7) is 4.63. The number of fused-ring (bicyclic) bond motifs is 7. The molecule has 11 rings (SSSR count). The zero-order chi connectivity index (χ0) is 40.6. The molecule has 0 N–H and O–H groups in total. The van der Waals surface area contributed by atoms with Gasteiger partial charge in [-0.3, -0.25) is 0 Å². The zero-order valence-electron chi connectivity index (χ0n) is 33.3. The van der Waals surface area contributed by atoms with Crippen LogP contribution in [0.5, 0.6) is 0 Å². The maximum absolute atomic E-state index is 10.4. The number of nitriles is 2. The lowest BCUT2D eigenvalue weighted by Crippen LogP contribution is -2.36. The topological polar surface area (TPSA) is 55.8 Å². The van der Waals surface area contributed by atoms with E-state index in [-0.39, 0.29) is 11.0 Å². The molecule has 0 spiro atoms. The largest absolute Gasteiger partial charge is 0.310 e. The van der Waals surface area contributed by atoms with Gasteiger partial charge < -0.3 is 9.47 Å². The minimum absolute atomic E-state index is 0.102. The van der Waals surface area contributed by atoms with Crippen molar-refractivity contribution >= 4 is 44.4 Å². The number of nitrogens with zero attached hydrogens (tertiary/aromatic N) is 4. The summed E-state index contributed by atoms with van der Waals surface area (Å²) in [6, 6.07) is 73.9. The van der Waals surface area contributed by atoms with Crippen molar-refractivity contribution < 1.29 is 0 Å². The van der Waals surface area contributed by atoms with Crippen LogP contribution in [0.2, 0.25) is 0 Å². The van der Waals surface area contributed by atoms with Crippen molar-refractivity contribution in [1.82, 2.24) is 4.57 Å². The molecule has 0 amide bonds. The van der Waals surface area contributed by atoms with E-state index >= 15 is 0 Å². The molecule has 8 aromatic carbocycles. The Kier molecular flexibility index (Phi) is 7.83. The molecule has 282 valence electrons. The van der Waals surface area contributed by atoms with E-state index in [1.807, 2.05) is 12.1 Å². The van der Waals surface area contributed by atoms with Crippen LogP contribution in [-0.2, 0) is 10.8 Å². The Hall–Kier alpha value is -7.92. The van der Waals surface area contributed by atoms with Crippen LogP contribution >= 0.6 is 0 Å². The second kappa shape index (κ2) is 13.3. The lowest BCUT2D eigenvalue weighted by Gasteiger charge is -2.44. The van der Waals surface area contributed by atoms with E-state index in [9.17, 15) is 10.5 Å². The lowest BCUT2D eigenvalue weighted by atomic mass is 9.58. The van der Waals surface area contributed by atoms with Crippen molar-refractivity contribution in [2.75, 3.05) is 4.90 Å². The zero-order valence-corrected chi connectivity index (χ0v) is 33.3. The fraction of sp³-hybridized carbons (Fsp3) is 0.0714. The number of anilines is 3. The van der Waals surface area contributed by atoms with Crippen molar-refractivity contribution in [3.8, 4) is 17.8 Å². The lowest BCUT2D eigenvalue weighted by molar-refractivity contribution is 0.632. The van der Waals surface area contributed by atoms with E-state index in [1.165, 1.54) is 27.9 Å². The molecule has 0 saturated carbocycles. The highest BCUT2D eigenvalue weighted by atomic mass is 15.2. The van der Waals surface area contributed by atoms with E-state index in [0.29, 0.717) is 5.57 Å². The van der Waals surface area contributed by atoms with E-state index in [0.717, 1.165) is 61.2 Å². The molecule has 0 atom stereocenters. The maximum atomic E-state index is 10.4. The normalized spacial score (nSPS) is 15.9. The van der Waals surface area contributed by atoms with Gasteiger partial charge in [0.1, 0.15) is 17.7 Å². The molecule has 60 heavy (non-hydrogen) atoms. The Morgan fingerprint density at radius 3 is 1.57 bits per heavy atom. The SMILES string of the molecule is CC1(C)c2ccccc2N(c2ccc(C3(c4ccc5c(c4)c4ccccc4n5-c4ccccc4)c4ccccc4C(=C(C#N)C#N)c4ccccc43)cc2)c2ccccc21. The van der Waals surface area contributed by atoms with E-state index in [1.54, 1.807) is 0 Å². The van der Waals surface area contributed by atoms with Crippen LogP contribution in [0.15, 0.2) is 200 Å². The number of para-hydroxylation sites is 4. The summed E-state index contributed by atoms with van der Waals surface area (Å²) in [5.41, 5.74) is 15.1. The van der Waals surface area contributed by atoms with Gasteiger partial charge in [-0.2, -0.15) is 10.5 Å². The van der Waals surface area contributed by atoms with E-state index in [4.69, 9.17) is 0 Å². The first-order valence-corrected chi connectivity index (χ1v) is 20.4. The Balaban J connectivity index is 1.21. The summed E-state index contributed by atoms with van der Waals surface area (Å²) >= 11 is 0. The third-order valence-electron chi connectivity index (χ3n) is 13.0. The Morgan fingerprint density at radius 2 is 0.950 bits per heavy atom. The second-order valence-electron chi connectivity index (χ2n) is 16.3. The van der Waals surface area contributed by atoms with Gasteiger partial charge in [0.25, 0.3) is 0 Å². The van der Waals surface area contributed by atoms with Crippen LogP contribution in [0.1, 0.15) is 58.4 Å². The summed E-state index contributed by atoms with van der Waals surface area (Å²) in [5.74, 6) is 0. The third-order valence-corrected chi connectivity index (χ3v) is 13.0. The minimum atomic E-state index is -0.824. The first-order valence-electron chi connectivity index (χ1n) is 20.4. The average Bonchev–Trinajstić information content (AvgIpc) is 3.64. The van der Waals surface area contributed by atoms with Crippen molar-refractivity contribution in [2.24, 2.45) is 0 Å². The number of allylic oxidation sites excluding steroid dienone is 1.